The van der Waals surface area contributed by atoms with E-state index in [1.54, 1.807) is 0 Å². The van der Waals surface area contributed by atoms with Crippen LogP contribution in [0.2, 0.25) is 0 Å². The van der Waals surface area contributed by atoms with E-state index in [-0.39, 0.29) is 6.04 Å². The minimum absolute atomic E-state index is 0.0463. The second-order valence-corrected chi connectivity index (χ2v) is 4.02. The molecule has 0 aromatic carbocycles. The summed E-state index contributed by atoms with van der Waals surface area (Å²) < 4.78 is 1.46. The van der Waals surface area contributed by atoms with Crippen LogP contribution >= 0.6 is 0 Å². The Morgan fingerprint density at radius 3 is 2.53 bits per heavy atom. The van der Waals surface area contributed by atoms with Gasteiger partial charge >= 0.3 is 11.8 Å². The van der Waals surface area contributed by atoms with Crippen molar-refractivity contribution in [3.63, 3.8) is 0 Å². The first kappa shape index (κ1) is 11.4. The van der Waals surface area contributed by atoms with Crippen molar-refractivity contribution in [3.8, 4) is 0 Å². The van der Waals surface area contributed by atoms with Gasteiger partial charge in [0.1, 0.15) is 0 Å². The second-order valence-electron chi connectivity index (χ2n) is 4.02. The van der Waals surface area contributed by atoms with Crippen molar-refractivity contribution >= 4 is 6.09 Å². The molecule has 0 saturated carbocycles. The van der Waals surface area contributed by atoms with Crippen molar-refractivity contribution in [2.75, 3.05) is 13.1 Å². The lowest BCUT2D eigenvalue weighted by Gasteiger charge is -2.30. The highest BCUT2D eigenvalue weighted by molar-refractivity contribution is 5.64. The summed E-state index contributed by atoms with van der Waals surface area (Å²) in [6, 6.07) is 1.25. The molecule has 92 valence electrons. The molecule has 0 radical (unpaired) electrons. The van der Waals surface area contributed by atoms with Crippen molar-refractivity contribution < 1.29 is 9.90 Å². The maximum Gasteiger partial charge on any atom is 0.407 e. The van der Waals surface area contributed by atoms with Crippen LogP contribution in [0, 0.1) is 0 Å². The number of likely N-dealkylation sites (tertiary alicyclic amines) is 1. The summed E-state index contributed by atoms with van der Waals surface area (Å²) in [5.74, 6) is 0. The number of aromatic amines is 1. The van der Waals surface area contributed by atoms with Crippen LogP contribution in [0.1, 0.15) is 18.9 Å². The zero-order valence-electron chi connectivity index (χ0n) is 9.13. The van der Waals surface area contributed by atoms with Gasteiger partial charge in [0.25, 0.3) is 5.56 Å². The highest BCUT2D eigenvalue weighted by Crippen LogP contribution is 2.20. The number of rotatable bonds is 1. The molecule has 0 atom stereocenters. The van der Waals surface area contributed by atoms with Crippen LogP contribution in [0.5, 0.6) is 0 Å². The predicted octanol–water partition coefficient (Wildman–Crippen LogP) is -0.148. The number of nitrogens with zero attached hydrogens (tertiary/aromatic N) is 2. The number of hydrogen-bond acceptors (Lipinski definition) is 3. The Labute approximate surface area is 96.3 Å². The van der Waals surface area contributed by atoms with E-state index in [0.717, 1.165) is 0 Å². The molecule has 1 fully saturated rings. The van der Waals surface area contributed by atoms with Crippen LogP contribution in [0.4, 0.5) is 4.79 Å². The molecule has 0 unspecified atom stereocenters. The standard InChI is InChI=1S/C10H13N3O4/c14-8-3-6-13(9(15)11-8)7-1-4-12(5-2-7)10(16)17/h3,6-7H,1-2,4-5H2,(H,16,17)(H,11,14,15). The number of carbonyl (C=O) groups is 1. The normalized spacial score (nSPS) is 17.1. The third kappa shape index (κ3) is 2.38. The van der Waals surface area contributed by atoms with E-state index in [4.69, 9.17) is 5.11 Å². The Morgan fingerprint density at radius 1 is 1.35 bits per heavy atom. The zero-order valence-corrected chi connectivity index (χ0v) is 9.13. The van der Waals surface area contributed by atoms with E-state index in [2.05, 4.69) is 4.98 Å². The van der Waals surface area contributed by atoms with Crippen LogP contribution in [-0.4, -0.2) is 38.7 Å². The molecule has 0 bridgehead atoms. The summed E-state index contributed by atoms with van der Waals surface area (Å²) >= 11 is 0. The predicted molar refractivity (Wildman–Crippen MR) is 59.2 cm³/mol. The fourth-order valence-electron chi connectivity index (χ4n) is 2.05. The number of nitrogens with one attached hydrogen (secondary N) is 1. The van der Waals surface area contributed by atoms with Gasteiger partial charge in [0.15, 0.2) is 0 Å². The van der Waals surface area contributed by atoms with E-state index in [1.165, 1.54) is 21.7 Å². The molecule has 1 aliphatic heterocycles. The lowest BCUT2D eigenvalue weighted by atomic mass is 10.1. The van der Waals surface area contributed by atoms with Gasteiger partial charge in [-0.2, -0.15) is 0 Å². The molecule has 1 aliphatic rings. The van der Waals surface area contributed by atoms with Gasteiger partial charge < -0.3 is 10.0 Å². The molecule has 1 aromatic heterocycles. The number of hydrogen-bond donors (Lipinski definition) is 2. The highest BCUT2D eigenvalue weighted by atomic mass is 16.4. The van der Waals surface area contributed by atoms with Crippen LogP contribution in [-0.2, 0) is 0 Å². The Kier molecular flexibility index (Phi) is 2.99. The molecule has 2 heterocycles. The van der Waals surface area contributed by atoms with Crippen molar-refractivity contribution in [3.05, 3.63) is 33.1 Å². The quantitative estimate of drug-likeness (QED) is 0.712. The summed E-state index contributed by atoms with van der Waals surface area (Å²) in [6.07, 6.45) is 1.69. The SMILES string of the molecule is O=C(O)N1CCC(n2ccc(=O)[nH]c2=O)CC1. The van der Waals surface area contributed by atoms with Gasteiger partial charge in [-0.25, -0.2) is 9.59 Å². The van der Waals surface area contributed by atoms with Gasteiger partial charge in [-0.05, 0) is 12.8 Å². The lowest BCUT2D eigenvalue weighted by Crippen LogP contribution is -2.41. The van der Waals surface area contributed by atoms with Crippen molar-refractivity contribution in [1.82, 2.24) is 14.5 Å². The van der Waals surface area contributed by atoms with Crippen LogP contribution < -0.4 is 11.2 Å². The third-order valence-corrected chi connectivity index (χ3v) is 2.98. The number of H-pyrrole nitrogens is 1. The fraction of sp³-hybridized carbons (Fsp3) is 0.500. The topological polar surface area (TPSA) is 95.4 Å². The third-order valence-electron chi connectivity index (χ3n) is 2.98. The molecule has 1 aromatic rings. The summed E-state index contributed by atoms with van der Waals surface area (Å²) in [5, 5.41) is 8.80. The van der Waals surface area contributed by atoms with Crippen LogP contribution in [0.25, 0.3) is 0 Å². The highest BCUT2D eigenvalue weighted by Gasteiger charge is 2.23. The molecule has 17 heavy (non-hydrogen) atoms. The Morgan fingerprint density at radius 2 is 2.00 bits per heavy atom. The monoisotopic (exact) mass is 239 g/mol. The molecule has 1 amide bonds. The number of piperidine rings is 1. The first-order chi connectivity index (χ1) is 8.08. The van der Waals surface area contributed by atoms with Crippen molar-refractivity contribution in [2.45, 2.75) is 18.9 Å². The van der Waals surface area contributed by atoms with Crippen molar-refractivity contribution in [1.29, 1.82) is 0 Å². The Hall–Kier alpha value is -2.05. The number of amides is 1. The smallest absolute Gasteiger partial charge is 0.407 e. The maximum atomic E-state index is 11.5. The minimum Gasteiger partial charge on any atom is -0.465 e. The summed E-state index contributed by atoms with van der Waals surface area (Å²) in [6.45, 7) is 0.817. The van der Waals surface area contributed by atoms with Gasteiger partial charge in [-0.3, -0.25) is 14.3 Å². The number of aromatic nitrogens is 2. The van der Waals surface area contributed by atoms with Gasteiger partial charge in [0.2, 0.25) is 0 Å². The summed E-state index contributed by atoms with van der Waals surface area (Å²) in [5.41, 5.74) is -0.861. The molecule has 1 saturated heterocycles. The van der Waals surface area contributed by atoms with E-state index >= 15 is 0 Å². The summed E-state index contributed by atoms with van der Waals surface area (Å²) in [7, 11) is 0. The van der Waals surface area contributed by atoms with E-state index < -0.39 is 17.3 Å². The van der Waals surface area contributed by atoms with Gasteiger partial charge in [0.05, 0.1) is 0 Å². The lowest BCUT2D eigenvalue weighted by molar-refractivity contribution is 0.125. The Balaban J connectivity index is 2.13. The molecule has 7 heteroatoms. The van der Waals surface area contributed by atoms with E-state index in [0.29, 0.717) is 25.9 Å². The average Bonchev–Trinajstić information content (AvgIpc) is 2.29. The Bertz CT molecular complexity index is 525. The summed E-state index contributed by atoms with van der Waals surface area (Å²) in [4.78, 5) is 36.7. The molecule has 2 N–H and O–H groups in total. The van der Waals surface area contributed by atoms with Gasteiger partial charge in [0, 0.05) is 31.4 Å². The van der Waals surface area contributed by atoms with Crippen molar-refractivity contribution in [2.24, 2.45) is 0 Å². The molecule has 0 spiro atoms. The second kappa shape index (κ2) is 4.44. The molecule has 7 nitrogen and oxygen atoms in total. The molecular formula is C10H13N3O4. The molecule has 0 aliphatic carbocycles. The first-order valence-electron chi connectivity index (χ1n) is 5.37. The molecular weight excluding hydrogens is 226 g/mol. The van der Waals surface area contributed by atoms with E-state index in [9.17, 15) is 14.4 Å². The van der Waals surface area contributed by atoms with Crippen LogP contribution in [0.3, 0.4) is 0 Å². The maximum absolute atomic E-state index is 11.5. The van der Waals surface area contributed by atoms with Gasteiger partial charge in [-0.1, -0.05) is 0 Å². The first-order valence-corrected chi connectivity index (χ1v) is 5.37. The van der Waals surface area contributed by atoms with Crippen LogP contribution in [0.15, 0.2) is 21.9 Å². The fourth-order valence-corrected chi connectivity index (χ4v) is 2.05. The average molecular weight is 239 g/mol. The number of carboxylic acid groups (broad SMARTS) is 1. The molecule has 2 rings (SSSR count). The van der Waals surface area contributed by atoms with E-state index in [1.807, 2.05) is 0 Å². The minimum atomic E-state index is -0.933. The zero-order chi connectivity index (χ0) is 12.4. The van der Waals surface area contributed by atoms with Gasteiger partial charge in [-0.15, -0.1) is 0 Å². The largest absolute Gasteiger partial charge is 0.465 e.